The Morgan fingerprint density at radius 2 is 2.16 bits per heavy atom. The van der Waals surface area contributed by atoms with E-state index in [1.165, 1.54) is 6.07 Å². The molecule has 0 saturated heterocycles. The number of amides is 1. The molecule has 1 aliphatic heterocycles. The molecule has 4 nitrogen and oxygen atoms in total. The van der Waals surface area contributed by atoms with E-state index in [1.807, 2.05) is 30.1 Å². The molecule has 1 aromatic carbocycles. The van der Waals surface area contributed by atoms with Gasteiger partial charge in [-0.05, 0) is 44.4 Å². The van der Waals surface area contributed by atoms with Crippen molar-refractivity contribution in [3.8, 4) is 0 Å². The van der Waals surface area contributed by atoms with Crippen molar-refractivity contribution in [3.05, 3.63) is 64.8 Å². The fourth-order valence-corrected chi connectivity index (χ4v) is 3.41. The largest absolute Gasteiger partial charge is 0.366 e. The first-order chi connectivity index (χ1) is 12.0. The van der Waals surface area contributed by atoms with E-state index in [0.717, 1.165) is 42.3 Å². The minimum Gasteiger partial charge on any atom is -0.366 e. The van der Waals surface area contributed by atoms with Gasteiger partial charge in [0.2, 0.25) is 5.91 Å². The lowest BCUT2D eigenvalue weighted by atomic mass is 9.95. The maximum atomic E-state index is 14.7. The fourth-order valence-electron chi connectivity index (χ4n) is 3.41. The standard InChI is InChI=1S/C20H21FN2O2/c1-2-3-4-6-14-12-15-17(7-5-8-19(15)24)23(14)18-10-9-13(20(22)25)11-16(18)21/h2-3,6,9-11H,4-5,7-8,12H2,1H3,(H2,22,25)/b3-2-,14-6+. The van der Waals surface area contributed by atoms with Crippen molar-refractivity contribution in [1.29, 1.82) is 0 Å². The highest BCUT2D eigenvalue weighted by atomic mass is 19.1. The molecule has 0 aromatic heterocycles. The first kappa shape index (κ1) is 17.1. The molecule has 0 radical (unpaired) electrons. The molecule has 0 atom stereocenters. The molecule has 0 unspecified atom stereocenters. The van der Waals surface area contributed by atoms with Gasteiger partial charge in [-0.15, -0.1) is 0 Å². The SMILES string of the molecule is C/C=C\C/C=C1\CC2=C(CCCC2=O)N1c1ccc(C(N)=O)cc1F. The number of allylic oxidation sites excluding steroid dienone is 5. The van der Waals surface area contributed by atoms with E-state index in [0.29, 0.717) is 18.5 Å². The molecule has 1 amide bonds. The summed E-state index contributed by atoms with van der Waals surface area (Å²) < 4.78 is 14.7. The van der Waals surface area contributed by atoms with Gasteiger partial charge < -0.3 is 10.6 Å². The van der Waals surface area contributed by atoms with Gasteiger partial charge >= 0.3 is 0 Å². The second-order valence-electron chi connectivity index (χ2n) is 6.24. The zero-order valence-electron chi connectivity index (χ0n) is 14.2. The van der Waals surface area contributed by atoms with Crippen LogP contribution in [0.25, 0.3) is 0 Å². The van der Waals surface area contributed by atoms with Crippen LogP contribution < -0.4 is 10.6 Å². The molecule has 0 saturated carbocycles. The predicted octanol–water partition coefficient (Wildman–Crippen LogP) is 3.99. The van der Waals surface area contributed by atoms with E-state index in [-0.39, 0.29) is 11.3 Å². The predicted molar refractivity (Wildman–Crippen MR) is 95.4 cm³/mol. The van der Waals surface area contributed by atoms with E-state index in [4.69, 9.17) is 5.73 Å². The molecule has 130 valence electrons. The van der Waals surface area contributed by atoms with Crippen LogP contribution in [0, 0.1) is 5.82 Å². The second-order valence-corrected chi connectivity index (χ2v) is 6.24. The van der Waals surface area contributed by atoms with Crippen LogP contribution in [0.15, 0.2) is 53.4 Å². The van der Waals surface area contributed by atoms with E-state index in [2.05, 4.69) is 0 Å². The molecule has 25 heavy (non-hydrogen) atoms. The number of carbonyl (C=O) groups is 2. The van der Waals surface area contributed by atoms with Crippen LogP contribution in [0.5, 0.6) is 0 Å². The number of Topliss-reactive ketones (excluding diaryl/α,β-unsaturated/α-hetero) is 1. The number of ketones is 1. The van der Waals surface area contributed by atoms with Crippen LogP contribution in [-0.4, -0.2) is 11.7 Å². The van der Waals surface area contributed by atoms with E-state index >= 15 is 0 Å². The number of anilines is 1. The summed E-state index contributed by atoms with van der Waals surface area (Å²) in [5, 5.41) is 0. The van der Waals surface area contributed by atoms with Crippen LogP contribution in [0.4, 0.5) is 10.1 Å². The molecule has 0 spiro atoms. The molecule has 2 aliphatic rings. The number of rotatable bonds is 4. The average molecular weight is 340 g/mol. The molecule has 2 N–H and O–H groups in total. The van der Waals surface area contributed by atoms with Crippen LogP contribution in [0.2, 0.25) is 0 Å². The zero-order valence-corrected chi connectivity index (χ0v) is 14.2. The maximum absolute atomic E-state index is 14.7. The molecule has 1 aromatic rings. The number of halogens is 1. The Labute approximate surface area is 146 Å². The van der Waals surface area contributed by atoms with Crippen molar-refractivity contribution in [2.24, 2.45) is 5.73 Å². The number of hydrogen-bond acceptors (Lipinski definition) is 3. The number of hydrogen-bond donors (Lipinski definition) is 1. The lowest BCUT2D eigenvalue weighted by Gasteiger charge is -2.26. The second kappa shape index (κ2) is 7.05. The quantitative estimate of drug-likeness (QED) is 0.843. The third kappa shape index (κ3) is 3.27. The summed E-state index contributed by atoms with van der Waals surface area (Å²) in [5.41, 5.74) is 8.30. The maximum Gasteiger partial charge on any atom is 0.248 e. The van der Waals surface area contributed by atoms with Crippen LogP contribution >= 0.6 is 0 Å². The average Bonchev–Trinajstić information content (AvgIpc) is 2.95. The lowest BCUT2D eigenvalue weighted by Crippen LogP contribution is -2.21. The Balaban J connectivity index is 2.06. The molecule has 5 heteroatoms. The van der Waals surface area contributed by atoms with Crippen LogP contribution in [0.1, 0.15) is 49.4 Å². The first-order valence-corrected chi connectivity index (χ1v) is 8.47. The van der Waals surface area contributed by atoms with Gasteiger partial charge in [-0.2, -0.15) is 0 Å². The summed E-state index contributed by atoms with van der Waals surface area (Å²) in [6, 6.07) is 4.24. The van der Waals surface area contributed by atoms with Gasteiger partial charge in [-0.1, -0.05) is 18.2 Å². The highest BCUT2D eigenvalue weighted by Crippen LogP contribution is 2.42. The van der Waals surface area contributed by atoms with E-state index < -0.39 is 11.7 Å². The van der Waals surface area contributed by atoms with Gasteiger partial charge in [0, 0.05) is 35.4 Å². The molecule has 0 fully saturated rings. The number of nitrogens with zero attached hydrogens (tertiary/aromatic N) is 1. The van der Waals surface area contributed by atoms with Gasteiger partial charge in [0.1, 0.15) is 5.82 Å². The van der Waals surface area contributed by atoms with Crippen molar-refractivity contribution >= 4 is 17.4 Å². The molecule has 0 bridgehead atoms. The molecule has 1 aliphatic carbocycles. The topological polar surface area (TPSA) is 63.4 Å². The summed E-state index contributed by atoms with van der Waals surface area (Å²) in [4.78, 5) is 25.4. The van der Waals surface area contributed by atoms with Crippen LogP contribution in [0.3, 0.4) is 0 Å². The van der Waals surface area contributed by atoms with Crippen molar-refractivity contribution in [2.45, 2.75) is 39.0 Å². The van der Waals surface area contributed by atoms with Gasteiger partial charge in [-0.25, -0.2) is 4.39 Å². The third-order valence-corrected chi connectivity index (χ3v) is 4.62. The van der Waals surface area contributed by atoms with Gasteiger partial charge in [0.25, 0.3) is 0 Å². The summed E-state index contributed by atoms with van der Waals surface area (Å²) in [5.74, 6) is -1.03. The Kier molecular flexibility index (Phi) is 4.83. The summed E-state index contributed by atoms with van der Waals surface area (Å²) in [7, 11) is 0. The zero-order chi connectivity index (χ0) is 18.0. The van der Waals surface area contributed by atoms with Crippen molar-refractivity contribution < 1.29 is 14.0 Å². The third-order valence-electron chi connectivity index (χ3n) is 4.62. The molecule has 1 heterocycles. The molecular formula is C20H21FN2O2. The van der Waals surface area contributed by atoms with Crippen molar-refractivity contribution in [2.75, 3.05) is 4.90 Å². The Morgan fingerprint density at radius 1 is 1.36 bits per heavy atom. The lowest BCUT2D eigenvalue weighted by molar-refractivity contribution is -0.116. The minimum absolute atomic E-state index is 0.133. The van der Waals surface area contributed by atoms with Crippen molar-refractivity contribution in [1.82, 2.24) is 0 Å². The van der Waals surface area contributed by atoms with Gasteiger partial charge in [-0.3, -0.25) is 9.59 Å². The summed E-state index contributed by atoms with van der Waals surface area (Å²) in [6.07, 6.45) is 9.32. The Morgan fingerprint density at radius 3 is 2.84 bits per heavy atom. The fraction of sp³-hybridized carbons (Fsp3) is 0.300. The first-order valence-electron chi connectivity index (χ1n) is 8.47. The van der Waals surface area contributed by atoms with Crippen molar-refractivity contribution in [3.63, 3.8) is 0 Å². The Hall–Kier alpha value is -2.69. The Bertz CT molecular complexity index is 821. The number of benzene rings is 1. The molecule has 3 rings (SSSR count). The summed E-state index contributed by atoms with van der Waals surface area (Å²) >= 11 is 0. The monoisotopic (exact) mass is 340 g/mol. The van der Waals surface area contributed by atoms with Gasteiger partial charge in [0.15, 0.2) is 5.78 Å². The highest BCUT2D eigenvalue weighted by molar-refractivity contribution is 6.00. The number of nitrogens with two attached hydrogens (primary N) is 1. The van der Waals surface area contributed by atoms with Crippen LogP contribution in [-0.2, 0) is 4.79 Å². The highest BCUT2D eigenvalue weighted by Gasteiger charge is 2.34. The number of carbonyl (C=O) groups excluding carboxylic acids is 2. The van der Waals surface area contributed by atoms with E-state index in [1.54, 1.807) is 6.07 Å². The summed E-state index contributed by atoms with van der Waals surface area (Å²) in [6.45, 7) is 1.94. The van der Waals surface area contributed by atoms with Gasteiger partial charge in [0.05, 0.1) is 5.69 Å². The van der Waals surface area contributed by atoms with E-state index in [9.17, 15) is 14.0 Å². The smallest absolute Gasteiger partial charge is 0.248 e. The molecular weight excluding hydrogens is 319 g/mol. The minimum atomic E-state index is -0.663. The number of primary amides is 1. The normalized spacial score (nSPS) is 19.2.